The predicted molar refractivity (Wildman–Crippen MR) is 69.9 cm³/mol. The first-order valence-corrected chi connectivity index (χ1v) is 6.04. The first kappa shape index (κ1) is 13.2. The highest BCUT2D eigenvalue weighted by atomic mass is 16.3. The molecule has 2 heterocycles. The molecule has 0 aliphatic rings. The number of rotatable bonds is 5. The van der Waals surface area contributed by atoms with Crippen LogP contribution in [0.3, 0.4) is 0 Å². The normalized spacial score (nSPS) is 12.1. The number of nitrogens with one attached hydrogen (secondary N) is 1. The second kappa shape index (κ2) is 6.10. The Kier molecular flexibility index (Phi) is 4.25. The Bertz CT molecular complexity index is 522. The topological polar surface area (TPSA) is 80.0 Å². The van der Waals surface area contributed by atoms with Gasteiger partial charge >= 0.3 is 0 Å². The summed E-state index contributed by atoms with van der Waals surface area (Å²) in [7, 11) is 0. The van der Waals surface area contributed by atoms with Crippen LogP contribution in [0.15, 0.2) is 37.1 Å². The van der Waals surface area contributed by atoms with Crippen molar-refractivity contribution in [3.63, 3.8) is 0 Å². The van der Waals surface area contributed by atoms with Crippen LogP contribution >= 0.6 is 0 Å². The number of carbonyl (C=O) groups is 1. The number of hydrogen-bond donors (Lipinski definition) is 2. The zero-order chi connectivity index (χ0) is 13.7. The van der Waals surface area contributed by atoms with Gasteiger partial charge in [-0.2, -0.15) is 0 Å². The third-order valence-corrected chi connectivity index (χ3v) is 2.70. The minimum absolute atomic E-state index is 0.0436. The molecule has 6 heteroatoms. The smallest absolute Gasteiger partial charge is 0.252 e. The van der Waals surface area contributed by atoms with Crippen molar-refractivity contribution >= 4 is 5.91 Å². The Morgan fingerprint density at radius 1 is 1.53 bits per heavy atom. The minimum Gasteiger partial charge on any atom is -0.396 e. The number of carbonyl (C=O) groups excluding carboxylic acids is 1. The van der Waals surface area contributed by atoms with Crippen LogP contribution in [-0.4, -0.2) is 38.7 Å². The molecule has 1 atom stereocenters. The van der Waals surface area contributed by atoms with Gasteiger partial charge in [-0.15, -0.1) is 0 Å². The quantitative estimate of drug-likeness (QED) is 0.826. The van der Waals surface area contributed by atoms with Gasteiger partial charge < -0.3 is 10.4 Å². The molecule has 0 aromatic carbocycles. The average molecular weight is 260 g/mol. The molecule has 1 unspecified atom stereocenters. The van der Waals surface area contributed by atoms with E-state index in [1.807, 2.05) is 6.92 Å². The summed E-state index contributed by atoms with van der Waals surface area (Å²) in [6.07, 6.45) is 6.61. The molecule has 0 bridgehead atoms. The van der Waals surface area contributed by atoms with Crippen molar-refractivity contribution in [3.8, 4) is 5.82 Å². The van der Waals surface area contributed by atoms with Gasteiger partial charge in [0.25, 0.3) is 5.91 Å². The first-order chi connectivity index (χ1) is 9.20. The summed E-state index contributed by atoms with van der Waals surface area (Å²) in [4.78, 5) is 19.9. The molecule has 0 saturated heterocycles. The lowest BCUT2D eigenvalue weighted by Gasteiger charge is -2.09. The lowest BCUT2D eigenvalue weighted by atomic mass is 10.2. The molecular weight excluding hydrogens is 244 g/mol. The Hall–Kier alpha value is -2.21. The zero-order valence-electron chi connectivity index (χ0n) is 10.7. The molecule has 2 aromatic rings. The highest BCUT2D eigenvalue weighted by molar-refractivity contribution is 5.93. The summed E-state index contributed by atoms with van der Waals surface area (Å²) >= 11 is 0. The monoisotopic (exact) mass is 260 g/mol. The Balaban J connectivity index is 2.00. The Labute approximate surface area is 111 Å². The van der Waals surface area contributed by atoms with Gasteiger partial charge in [0.1, 0.15) is 12.1 Å². The van der Waals surface area contributed by atoms with E-state index in [-0.39, 0.29) is 18.4 Å². The van der Waals surface area contributed by atoms with Gasteiger partial charge in [0.2, 0.25) is 0 Å². The van der Waals surface area contributed by atoms with E-state index in [0.717, 1.165) is 0 Å². The number of aromatic nitrogens is 3. The van der Waals surface area contributed by atoms with Crippen LogP contribution in [-0.2, 0) is 0 Å². The van der Waals surface area contributed by atoms with Crippen molar-refractivity contribution in [2.45, 2.75) is 6.92 Å². The maximum Gasteiger partial charge on any atom is 0.252 e. The summed E-state index contributed by atoms with van der Waals surface area (Å²) in [6, 6.07) is 3.47. The number of nitrogens with zero attached hydrogens (tertiary/aromatic N) is 3. The van der Waals surface area contributed by atoms with Crippen molar-refractivity contribution in [2.24, 2.45) is 5.92 Å². The molecule has 1 amide bonds. The van der Waals surface area contributed by atoms with Crippen molar-refractivity contribution in [3.05, 3.63) is 42.6 Å². The highest BCUT2D eigenvalue weighted by Gasteiger charge is 2.08. The number of hydrogen-bond acceptors (Lipinski definition) is 4. The van der Waals surface area contributed by atoms with Crippen LogP contribution in [0.4, 0.5) is 0 Å². The summed E-state index contributed by atoms with van der Waals surface area (Å²) in [5.41, 5.74) is 0.494. The molecule has 19 heavy (non-hydrogen) atoms. The van der Waals surface area contributed by atoms with E-state index in [1.54, 1.807) is 35.4 Å². The maximum absolute atomic E-state index is 11.8. The standard InChI is InChI=1S/C13H16N4O2/c1-10(8-18)6-16-13(19)11-2-3-12(15-7-11)17-5-4-14-9-17/h2-5,7,9-10,18H,6,8H2,1H3,(H,16,19). The molecule has 0 aliphatic heterocycles. The summed E-state index contributed by atoms with van der Waals surface area (Å²) in [5.74, 6) is 0.560. The number of aliphatic hydroxyl groups excluding tert-OH is 1. The van der Waals surface area contributed by atoms with Crippen molar-refractivity contribution in [2.75, 3.05) is 13.2 Å². The molecule has 2 N–H and O–H groups in total. The fraction of sp³-hybridized carbons (Fsp3) is 0.308. The molecule has 0 fully saturated rings. The maximum atomic E-state index is 11.8. The van der Waals surface area contributed by atoms with Crippen LogP contribution in [0.2, 0.25) is 0 Å². The fourth-order valence-electron chi connectivity index (χ4n) is 1.50. The van der Waals surface area contributed by atoms with Crippen molar-refractivity contribution in [1.29, 1.82) is 0 Å². The van der Waals surface area contributed by atoms with Gasteiger partial charge in [-0.1, -0.05) is 6.92 Å². The van der Waals surface area contributed by atoms with E-state index in [9.17, 15) is 4.79 Å². The summed E-state index contributed by atoms with van der Waals surface area (Å²) in [6.45, 7) is 2.36. The second-order valence-corrected chi connectivity index (χ2v) is 4.37. The van der Waals surface area contributed by atoms with Crippen LogP contribution < -0.4 is 5.32 Å². The van der Waals surface area contributed by atoms with Crippen LogP contribution in [0.1, 0.15) is 17.3 Å². The molecule has 2 aromatic heterocycles. The van der Waals surface area contributed by atoms with Crippen LogP contribution in [0, 0.1) is 5.92 Å². The minimum atomic E-state index is -0.190. The van der Waals surface area contributed by atoms with Gasteiger partial charge in [-0.3, -0.25) is 9.36 Å². The molecule has 6 nitrogen and oxygen atoms in total. The van der Waals surface area contributed by atoms with Crippen LogP contribution in [0.25, 0.3) is 5.82 Å². The molecular formula is C13H16N4O2. The van der Waals surface area contributed by atoms with Gasteiger partial charge in [0.15, 0.2) is 0 Å². The van der Waals surface area contributed by atoms with E-state index in [2.05, 4.69) is 15.3 Å². The lowest BCUT2D eigenvalue weighted by Crippen LogP contribution is -2.29. The van der Waals surface area contributed by atoms with Crippen molar-refractivity contribution in [1.82, 2.24) is 19.9 Å². The van der Waals surface area contributed by atoms with E-state index >= 15 is 0 Å². The molecule has 0 radical (unpaired) electrons. The molecule has 0 aliphatic carbocycles. The summed E-state index contributed by atoms with van der Waals surface area (Å²) in [5, 5.41) is 11.6. The van der Waals surface area contributed by atoms with E-state index < -0.39 is 0 Å². The first-order valence-electron chi connectivity index (χ1n) is 6.04. The zero-order valence-corrected chi connectivity index (χ0v) is 10.7. The number of imidazole rings is 1. The van der Waals surface area contributed by atoms with E-state index in [0.29, 0.717) is 17.9 Å². The third-order valence-electron chi connectivity index (χ3n) is 2.70. The van der Waals surface area contributed by atoms with Gasteiger partial charge in [0, 0.05) is 31.7 Å². The van der Waals surface area contributed by atoms with Gasteiger partial charge in [-0.25, -0.2) is 9.97 Å². The van der Waals surface area contributed by atoms with Crippen molar-refractivity contribution < 1.29 is 9.90 Å². The van der Waals surface area contributed by atoms with E-state index in [4.69, 9.17) is 5.11 Å². The number of aliphatic hydroxyl groups is 1. The highest BCUT2D eigenvalue weighted by Crippen LogP contribution is 2.05. The second-order valence-electron chi connectivity index (χ2n) is 4.37. The number of pyridine rings is 1. The summed E-state index contributed by atoms with van der Waals surface area (Å²) < 4.78 is 1.76. The number of amides is 1. The molecule has 0 spiro atoms. The lowest BCUT2D eigenvalue weighted by molar-refractivity contribution is 0.0942. The van der Waals surface area contributed by atoms with Gasteiger partial charge in [0.05, 0.1) is 5.56 Å². The van der Waals surface area contributed by atoms with Gasteiger partial charge in [-0.05, 0) is 18.1 Å². The molecule has 100 valence electrons. The van der Waals surface area contributed by atoms with E-state index in [1.165, 1.54) is 6.20 Å². The molecule has 0 saturated carbocycles. The average Bonchev–Trinajstić information content (AvgIpc) is 2.98. The predicted octanol–water partition coefficient (Wildman–Crippen LogP) is 0.625. The third kappa shape index (κ3) is 3.38. The molecule has 2 rings (SSSR count). The Morgan fingerprint density at radius 2 is 2.37 bits per heavy atom. The Morgan fingerprint density at radius 3 is 2.95 bits per heavy atom. The SMILES string of the molecule is CC(CO)CNC(=O)c1ccc(-n2ccnc2)nc1. The largest absolute Gasteiger partial charge is 0.396 e. The fourth-order valence-corrected chi connectivity index (χ4v) is 1.50. The van der Waals surface area contributed by atoms with Crippen LogP contribution in [0.5, 0.6) is 0 Å².